The molecule has 0 bridgehead atoms. The zero-order valence-electron chi connectivity index (χ0n) is 17.0. The number of nitrogens with zero attached hydrogens (tertiary/aromatic N) is 3. The van der Waals surface area contributed by atoms with E-state index in [1.165, 1.54) is 12.7 Å². The first-order chi connectivity index (χ1) is 13.9. The Kier molecular flexibility index (Phi) is 5.17. The number of aliphatic carboxylic acids is 1. The number of carboxylic acid groups (broad SMARTS) is 1. The molecule has 4 rings (SSSR count). The Morgan fingerprint density at radius 3 is 2.66 bits per heavy atom. The van der Waals surface area contributed by atoms with Gasteiger partial charge in [0.1, 0.15) is 5.41 Å². The summed E-state index contributed by atoms with van der Waals surface area (Å²) in [7, 11) is 1.50. The third-order valence-corrected chi connectivity index (χ3v) is 6.15. The van der Waals surface area contributed by atoms with Crippen LogP contribution in [-0.2, 0) is 22.4 Å². The van der Waals surface area contributed by atoms with Gasteiger partial charge in [0.15, 0.2) is 5.69 Å². The van der Waals surface area contributed by atoms with Crippen molar-refractivity contribution in [2.45, 2.75) is 39.0 Å². The molecule has 1 aromatic heterocycles. The summed E-state index contributed by atoms with van der Waals surface area (Å²) < 4.78 is 7.07. The number of piperidine rings is 1. The van der Waals surface area contributed by atoms with Crippen LogP contribution < -0.4 is 0 Å². The molecule has 7 nitrogen and oxygen atoms in total. The summed E-state index contributed by atoms with van der Waals surface area (Å²) >= 11 is 0. The highest BCUT2D eigenvalue weighted by atomic mass is 16.5. The molecule has 1 fully saturated rings. The second kappa shape index (κ2) is 7.63. The van der Waals surface area contributed by atoms with Crippen LogP contribution in [0.4, 0.5) is 0 Å². The molecule has 1 aliphatic heterocycles. The lowest BCUT2D eigenvalue weighted by atomic mass is 9.80. The second-order valence-corrected chi connectivity index (χ2v) is 8.22. The van der Waals surface area contributed by atoms with Gasteiger partial charge in [-0.2, -0.15) is 5.10 Å². The number of carbonyl (C=O) groups is 2. The highest BCUT2D eigenvalue weighted by molar-refractivity contribution is 5.95. The number of ether oxygens (including phenoxy) is 1. The summed E-state index contributed by atoms with van der Waals surface area (Å²) in [6.45, 7) is 2.84. The van der Waals surface area contributed by atoms with Crippen LogP contribution >= 0.6 is 0 Å². The van der Waals surface area contributed by atoms with Crippen molar-refractivity contribution in [1.82, 2.24) is 14.7 Å². The number of hydrogen-bond acceptors (Lipinski definition) is 4. The molecule has 2 aliphatic rings. The van der Waals surface area contributed by atoms with Gasteiger partial charge in [-0.25, -0.2) is 4.68 Å². The number of benzene rings is 1. The Morgan fingerprint density at radius 1 is 1.21 bits per heavy atom. The fourth-order valence-corrected chi connectivity index (χ4v) is 4.59. The summed E-state index contributed by atoms with van der Waals surface area (Å²) in [5.74, 6) is -1.08. The van der Waals surface area contributed by atoms with Crippen molar-refractivity contribution in [3.8, 4) is 5.69 Å². The average molecular weight is 397 g/mol. The van der Waals surface area contributed by atoms with Crippen LogP contribution in [0.25, 0.3) is 5.69 Å². The largest absolute Gasteiger partial charge is 0.481 e. The highest BCUT2D eigenvalue weighted by Gasteiger charge is 2.44. The number of aryl methyl sites for hydroxylation is 1. The van der Waals surface area contributed by atoms with Gasteiger partial charge in [0, 0.05) is 31.5 Å². The molecule has 154 valence electrons. The quantitative estimate of drug-likeness (QED) is 0.838. The van der Waals surface area contributed by atoms with Crippen molar-refractivity contribution in [2.75, 3.05) is 26.8 Å². The third kappa shape index (κ3) is 3.44. The van der Waals surface area contributed by atoms with E-state index in [-0.39, 0.29) is 19.1 Å². The lowest BCUT2D eigenvalue weighted by Crippen LogP contribution is -2.52. The van der Waals surface area contributed by atoms with Crippen LogP contribution in [0.5, 0.6) is 0 Å². The van der Waals surface area contributed by atoms with E-state index >= 15 is 0 Å². The molecule has 1 saturated heterocycles. The first-order valence-corrected chi connectivity index (χ1v) is 10.1. The lowest BCUT2D eigenvalue weighted by molar-refractivity contribution is -0.155. The number of amides is 1. The van der Waals surface area contributed by atoms with Gasteiger partial charge in [-0.3, -0.25) is 9.59 Å². The molecule has 2 aromatic rings. The van der Waals surface area contributed by atoms with Gasteiger partial charge in [-0.1, -0.05) is 17.7 Å². The normalized spacial score (nSPS) is 21.2. The first kappa shape index (κ1) is 19.6. The van der Waals surface area contributed by atoms with Gasteiger partial charge in [0.25, 0.3) is 5.91 Å². The SMILES string of the molecule is COCC1(C(=O)O)CCCN(C(=O)c2nn(-c3ccc(C)cc3)c3c2CCC3)C1. The Labute approximate surface area is 170 Å². The zero-order valence-corrected chi connectivity index (χ0v) is 17.0. The van der Waals surface area contributed by atoms with Crippen LogP contribution in [0.3, 0.4) is 0 Å². The summed E-state index contributed by atoms with van der Waals surface area (Å²) in [6, 6.07) is 8.11. The smallest absolute Gasteiger partial charge is 0.313 e. The van der Waals surface area contributed by atoms with Crippen LogP contribution in [0.2, 0.25) is 0 Å². The molecule has 2 heterocycles. The second-order valence-electron chi connectivity index (χ2n) is 8.22. The van der Waals surface area contributed by atoms with Crippen molar-refractivity contribution in [3.05, 3.63) is 46.8 Å². The number of hydrogen-bond donors (Lipinski definition) is 1. The van der Waals surface area contributed by atoms with E-state index in [4.69, 9.17) is 9.84 Å². The minimum atomic E-state index is -1.05. The fraction of sp³-hybridized carbons (Fsp3) is 0.500. The van der Waals surface area contributed by atoms with Gasteiger partial charge in [0.05, 0.1) is 12.3 Å². The minimum Gasteiger partial charge on any atom is -0.481 e. The van der Waals surface area contributed by atoms with Crippen LogP contribution in [0.15, 0.2) is 24.3 Å². The van der Waals surface area contributed by atoms with Gasteiger partial charge in [-0.15, -0.1) is 0 Å². The topological polar surface area (TPSA) is 84.7 Å². The predicted molar refractivity (Wildman–Crippen MR) is 107 cm³/mol. The van der Waals surface area contributed by atoms with Gasteiger partial charge in [0.2, 0.25) is 0 Å². The van der Waals surface area contributed by atoms with Crippen LogP contribution in [0.1, 0.15) is 46.6 Å². The molecule has 1 aliphatic carbocycles. The molecule has 1 N–H and O–H groups in total. The molecule has 7 heteroatoms. The standard InChI is InChI=1S/C22H27N3O4/c1-15-7-9-16(10-8-15)25-18-6-3-5-17(18)19(23-25)20(26)24-12-4-11-22(13-24,14-29-2)21(27)28/h7-10H,3-6,11-14H2,1-2H3,(H,27,28). The maximum Gasteiger partial charge on any atom is 0.313 e. The van der Waals surface area contributed by atoms with Gasteiger partial charge < -0.3 is 14.7 Å². The molecule has 0 saturated carbocycles. The molecule has 1 aromatic carbocycles. The number of carbonyl (C=O) groups excluding carboxylic acids is 1. The van der Waals surface area contributed by atoms with Crippen molar-refractivity contribution >= 4 is 11.9 Å². The molecule has 1 atom stereocenters. The van der Waals surface area contributed by atoms with Crippen molar-refractivity contribution in [1.29, 1.82) is 0 Å². The summed E-state index contributed by atoms with van der Waals surface area (Å²) in [5.41, 5.74) is 3.64. The molecule has 0 radical (unpaired) electrons. The zero-order chi connectivity index (χ0) is 20.6. The number of rotatable bonds is 5. The Hall–Kier alpha value is -2.67. The summed E-state index contributed by atoms with van der Waals surface area (Å²) in [4.78, 5) is 27.0. The van der Waals surface area contributed by atoms with E-state index in [0.29, 0.717) is 25.1 Å². The Balaban J connectivity index is 1.66. The van der Waals surface area contributed by atoms with Crippen molar-refractivity contribution < 1.29 is 19.4 Å². The van der Waals surface area contributed by atoms with Gasteiger partial charge in [-0.05, 0) is 51.2 Å². The third-order valence-electron chi connectivity index (χ3n) is 6.15. The maximum atomic E-state index is 13.4. The van der Waals surface area contributed by atoms with E-state index < -0.39 is 11.4 Å². The Morgan fingerprint density at radius 2 is 1.97 bits per heavy atom. The molecule has 29 heavy (non-hydrogen) atoms. The van der Waals surface area contributed by atoms with Crippen molar-refractivity contribution in [2.24, 2.45) is 5.41 Å². The maximum absolute atomic E-state index is 13.4. The van der Waals surface area contributed by atoms with E-state index in [0.717, 1.165) is 36.2 Å². The van der Waals surface area contributed by atoms with Crippen LogP contribution in [-0.4, -0.2) is 58.5 Å². The first-order valence-electron chi connectivity index (χ1n) is 10.1. The number of fused-ring (bicyclic) bond motifs is 1. The summed E-state index contributed by atoms with van der Waals surface area (Å²) in [5, 5.41) is 14.5. The number of likely N-dealkylation sites (tertiary alicyclic amines) is 1. The molecule has 0 spiro atoms. The van der Waals surface area contributed by atoms with Crippen molar-refractivity contribution in [3.63, 3.8) is 0 Å². The van der Waals surface area contributed by atoms with E-state index in [1.807, 2.05) is 35.9 Å². The lowest BCUT2D eigenvalue weighted by Gasteiger charge is -2.39. The van der Waals surface area contributed by atoms with Gasteiger partial charge >= 0.3 is 5.97 Å². The number of carboxylic acids is 1. The Bertz CT molecular complexity index is 930. The van der Waals surface area contributed by atoms with E-state index in [9.17, 15) is 14.7 Å². The van der Waals surface area contributed by atoms with E-state index in [2.05, 4.69) is 0 Å². The molecule has 1 unspecified atom stereocenters. The molecular weight excluding hydrogens is 370 g/mol. The minimum absolute atomic E-state index is 0.0992. The monoisotopic (exact) mass is 397 g/mol. The van der Waals surface area contributed by atoms with Crippen LogP contribution in [0, 0.1) is 12.3 Å². The highest BCUT2D eigenvalue weighted by Crippen LogP contribution is 2.33. The fourth-order valence-electron chi connectivity index (χ4n) is 4.59. The molecule has 1 amide bonds. The predicted octanol–water partition coefficient (Wildman–Crippen LogP) is 2.62. The summed E-state index contributed by atoms with van der Waals surface area (Å²) in [6.07, 6.45) is 3.88. The van der Waals surface area contributed by atoms with E-state index in [1.54, 1.807) is 4.90 Å². The number of methoxy groups -OCH3 is 1. The average Bonchev–Trinajstić information content (AvgIpc) is 3.31. The number of aromatic nitrogens is 2. The molecular formula is C22H27N3O4.